The van der Waals surface area contributed by atoms with Crippen LogP contribution in [0.15, 0.2) is 27.4 Å². The van der Waals surface area contributed by atoms with Gasteiger partial charge in [0, 0.05) is 23.3 Å². The number of benzene rings is 1. The highest BCUT2D eigenvalue weighted by Gasteiger charge is 2.35. The number of aromatic amines is 1. The number of rotatable bonds is 4. The Labute approximate surface area is 153 Å². The van der Waals surface area contributed by atoms with Crippen LogP contribution in [0.5, 0.6) is 0 Å². The van der Waals surface area contributed by atoms with E-state index in [0.717, 1.165) is 25.3 Å². The maximum Gasteiger partial charge on any atom is 0.434 e. The molecule has 0 aliphatic heterocycles. The number of anilines is 1. The molecule has 1 aromatic heterocycles. The zero-order valence-electron chi connectivity index (χ0n) is 14.0. The van der Waals surface area contributed by atoms with Crippen molar-refractivity contribution in [1.29, 1.82) is 0 Å². The maximum absolute atomic E-state index is 13.3. The number of H-pyrrole nitrogens is 1. The fraction of sp³-hybridized carbons (Fsp3) is 0.500. The van der Waals surface area contributed by atoms with Gasteiger partial charge in [0.05, 0.1) is 5.56 Å². The summed E-state index contributed by atoms with van der Waals surface area (Å²) in [4.78, 5) is 11.1. The second-order valence-electron chi connectivity index (χ2n) is 6.44. The van der Waals surface area contributed by atoms with E-state index in [1.807, 2.05) is 6.92 Å². The van der Waals surface area contributed by atoms with Crippen LogP contribution in [0.25, 0.3) is 11.5 Å². The Morgan fingerprint density at radius 1 is 1.38 bits per heavy atom. The fourth-order valence-corrected chi connectivity index (χ4v) is 3.27. The van der Waals surface area contributed by atoms with Gasteiger partial charge in [0.1, 0.15) is 0 Å². The molecule has 1 heterocycles. The topological polar surface area (TPSA) is 96.9 Å². The van der Waals surface area contributed by atoms with Gasteiger partial charge in [-0.15, -0.1) is 17.5 Å². The number of alkyl halides is 3. The van der Waals surface area contributed by atoms with Crippen LogP contribution in [0.1, 0.15) is 31.7 Å². The van der Waals surface area contributed by atoms with Crippen LogP contribution in [0.3, 0.4) is 0 Å². The van der Waals surface area contributed by atoms with Gasteiger partial charge in [-0.1, -0.05) is 0 Å². The Bertz CT molecular complexity index is 805. The lowest BCUT2D eigenvalue weighted by Gasteiger charge is -2.24. The molecule has 0 spiro atoms. The molecule has 10 heteroatoms. The molecular formula is C16H20ClF3N4O2. The molecule has 1 saturated carbocycles. The number of nitrogens with zero attached hydrogens (tertiary/aromatic N) is 1. The molecule has 0 unspecified atom stereocenters. The number of nitrogens with one attached hydrogen (secondary N) is 2. The Hall–Kier alpha value is -2.00. The van der Waals surface area contributed by atoms with Crippen LogP contribution in [-0.2, 0) is 6.18 Å². The van der Waals surface area contributed by atoms with Gasteiger partial charge >= 0.3 is 11.9 Å². The normalized spacial score (nSPS) is 21.3. The van der Waals surface area contributed by atoms with E-state index >= 15 is 0 Å². The van der Waals surface area contributed by atoms with Crippen LogP contribution in [0.2, 0.25) is 0 Å². The lowest BCUT2D eigenvalue weighted by atomic mass is 9.98. The van der Waals surface area contributed by atoms with Gasteiger partial charge in [-0.3, -0.25) is 0 Å². The minimum atomic E-state index is -4.50. The SMILES string of the molecule is C[C@H](Nc1cc(-c2n[nH]c(=O)o2)ccc1C(F)(F)F)[C@@H]1CC[C@H](N)C1.Cl. The third-order valence-electron chi connectivity index (χ3n) is 4.61. The van der Waals surface area contributed by atoms with Gasteiger partial charge in [0.2, 0.25) is 5.89 Å². The molecule has 3 rings (SSSR count). The van der Waals surface area contributed by atoms with Gasteiger partial charge in [-0.05, 0) is 50.3 Å². The van der Waals surface area contributed by atoms with E-state index in [4.69, 9.17) is 10.2 Å². The standard InChI is InChI=1S/C16H19F3N4O2.ClH/c1-8(9-2-4-11(20)6-9)21-13-7-10(14-22-23-15(24)25-14)3-5-12(13)16(17,18)19;/h3,5,7-9,11,21H,2,4,6,20H2,1H3,(H,23,24);1H/t8-,9+,11-;/m0./s1. The van der Waals surface area contributed by atoms with E-state index in [1.54, 1.807) is 0 Å². The average Bonchev–Trinajstić information content (AvgIpc) is 3.14. The van der Waals surface area contributed by atoms with Crippen molar-refractivity contribution in [3.63, 3.8) is 0 Å². The van der Waals surface area contributed by atoms with Crippen molar-refractivity contribution in [2.24, 2.45) is 11.7 Å². The molecule has 26 heavy (non-hydrogen) atoms. The highest BCUT2D eigenvalue weighted by Crippen LogP contribution is 2.38. The molecule has 6 nitrogen and oxygen atoms in total. The summed E-state index contributed by atoms with van der Waals surface area (Å²) in [5.74, 6) is -0.613. The molecule has 1 aromatic carbocycles. The van der Waals surface area contributed by atoms with Crippen molar-refractivity contribution in [1.82, 2.24) is 10.2 Å². The van der Waals surface area contributed by atoms with Crippen LogP contribution in [0.4, 0.5) is 18.9 Å². The van der Waals surface area contributed by atoms with Gasteiger partial charge in [0.25, 0.3) is 0 Å². The molecule has 0 saturated heterocycles. The third kappa shape index (κ3) is 4.39. The van der Waals surface area contributed by atoms with Crippen molar-refractivity contribution in [3.8, 4) is 11.5 Å². The first-order valence-corrected chi connectivity index (χ1v) is 8.03. The molecular weight excluding hydrogens is 373 g/mol. The van der Waals surface area contributed by atoms with Crippen molar-refractivity contribution in [3.05, 3.63) is 34.3 Å². The molecule has 2 aromatic rings. The Morgan fingerprint density at radius 3 is 2.65 bits per heavy atom. The molecule has 1 fully saturated rings. The average molecular weight is 393 g/mol. The van der Waals surface area contributed by atoms with Gasteiger partial charge in [-0.2, -0.15) is 13.2 Å². The van der Waals surface area contributed by atoms with E-state index in [9.17, 15) is 18.0 Å². The minimum Gasteiger partial charge on any atom is -0.388 e. The summed E-state index contributed by atoms with van der Waals surface area (Å²) < 4.78 is 44.8. The van der Waals surface area contributed by atoms with Gasteiger partial charge in [0.15, 0.2) is 0 Å². The number of halogens is 4. The molecule has 0 bridgehead atoms. The molecule has 0 amide bonds. The van der Waals surface area contributed by atoms with Crippen molar-refractivity contribution in [2.45, 2.75) is 44.4 Å². The predicted molar refractivity (Wildman–Crippen MR) is 93.2 cm³/mol. The van der Waals surface area contributed by atoms with E-state index < -0.39 is 17.5 Å². The van der Waals surface area contributed by atoms with E-state index in [0.29, 0.717) is 0 Å². The number of hydrogen-bond acceptors (Lipinski definition) is 5. The molecule has 3 atom stereocenters. The second-order valence-corrected chi connectivity index (χ2v) is 6.44. The summed E-state index contributed by atoms with van der Waals surface area (Å²) in [6, 6.07) is 3.41. The zero-order chi connectivity index (χ0) is 18.2. The first-order valence-electron chi connectivity index (χ1n) is 8.03. The summed E-state index contributed by atoms with van der Waals surface area (Å²) in [5, 5.41) is 8.71. The highest BCUT2D eigenvalue weighted by atomic mass is 35.5. The predicted octanol–water partition coefficient (Wildman–Crippen LogP) is 3.40. The van der Waals surface area contributed by atoms with Crippen molar-refractivity contribution >= 4 is 18.1 Å². The molecule has 1 aliphatic rings. The van der Waals surface area contributed by atoms with Crippen LogP contribution >= 0.6 is 12.4 Å². The van der Waals surface area contributed by atoms with E-state index in [2.05, 4.69) is 15.5 Å². The summed E-state index contributed by atoms with van der Waals surface area (Å²) in [6.45, 7) is 1.85. The smallest absolute Gasteiger partial charge is 0.388 e. The largest absolute Gasteiger partial charge is 0.434 e. The maximum atomic E-state index is 13.3. The summed E-state index contributed by atoms with van der Waals surface area (Å²) >= 11 is 0. The molecule has 144 valence electrons. The van der Waals surface area contributed by atoms with Crippen LogP contribution in [0, 0.1) is 5.92 Å². The summed E-state index contributed by atoms with van der Waals surface area (Å²) in [6.07, 6.45) is -1.96. The summed E-state index contributed by atoms with van der Waals surface area (Å²) in [5.41, 5.74) is 5.34. The van der Waals surface area contributed by atoms with Crippen molar-refractivity contribution in [2.75, 3.05) is 5.32 Å². The van der Waals surface area contributed by atoms with E-state index in [1.165, 1.54) is 12.1 Å². The second kappa shape index (κ2) is 7.71. The number of aromatic nitrogens is 2. The Morgan fingerprint density at radius 2 is 2.12 bits per heavy atom. The fourth-order valence-electron chi connectivity index (χ4n) is 3.27. The lowest BCUT2D eigenvalue weighted by Crippen LogP contribution is -2.27. The van der Waals surface area contributed by atoms with Gasteiger partial charge in [-0.25, -0.2) is 9.89 Å². The molecule has 1 aliphatic carbocycles. The summed E-state index contributed by atoms with van der Waals surface area (Å²) in [7, 11) is 0. The van der Waals surface area contributed by atoms with Crippen LogP contribution < -0.4 is 16.8 Å². The quantitative estimate of drug-likeness (QED) is 0.741. The Balaban J connectivity index is 0.00000243. The third-order valence-corrected chi connectivity index (χ3v) is 4.61. The van der Waals surface area contributed by atoms with Gasteiger partial charge < -0.3 is 15.5 Å². The van der Waals surface area contributed by atoms with Crippen molar-refractivity contribution < 1.29 is 17.6 Å². The molecule has 0 radical (unpaired) electrons. The van der Waals surface area contributed by atoms with E-state index in [-0.39, 0.29) is 47.6 Å². The lowest BCUT2D eigenvalue weighted by molar-refractivity contribution is -0.137. The number of hydrogen-bond donors (Lipinski definition) is 3. The Kier molecular flexibility index (Phi) is 6.02. The minimum absolute atomic E-state index is 0. The first kappa shape index (κ1) is 20.3. The molecule has 4 N–H and O–H groups in total. The zero-order valence-corrected chi connectivity index (χ0v) is 14.8. The van der Waals surface area contributed by atoms with Crippen LogP contribution in [-0.4, -0.2) is 22.3 Å². The highest BCUT2D eigenvalue weighted by molar-refractivity contribution is 5.85. The monoisotopic (exact) mass is 392 g/mol. The first-order chi connectivity index (χ1) is 11.7. The number of nitrogens with two attached hydrogens (primary N) is 1.